The fraction of sp³-hybridized carbons (Fsp3) is 0.938. The molecule has 0 aliphatic carbocycles. The predicted molar refractivity (Wildman–Crippen MR) is 82.5 cm³/mol. The Kier molecular flexibility index (Phi) is 6.94. The average Bonchev–Trinajstić information content (AvgIpc) is 2.38. The van der Waals surface area contributed by atoms with Crippen LogP contribution in [0.4, 0.5) is 0 Å². The smallest absolute Gasteiger partial charge is 0.105 e. The van der Waals surface area contributed by atoms with Gasteiger partial charge in [-0.25, -0.2) is 0 Å². The molecule has 1 fully saturated rings. The number of nitriles is 1. The fourth-order valence-corrected chi connectivity index (χ4v) is 3.06. The maximum Gasteiger partial charge on any atom is 0.105 e. The Morgan fingerprint density at radius 3 is 2.65 bits per heavy atom. The maximum absolute atomic E-state index is 9.44. The fourth-order valence-electron chi connectivity index (χ4n) is 3.06. The number of hydrogen-bond acceptors (Lipinski definition) is 4. The zero-order valence-corrected chi connectivity index (χ0v) is 13.8. The Morgan fingerprint density at radius 2 is 2.15 bits per heavy atom. The van der Waals surface area contributed by atoms with E-state index in [9.17, 15) is 5.26 Å². The zero-order valence-electron chi connectivity index (χ0n) is 13.8. The molecule has 1 heterocycles. The Bertz CT molecular complexity index is 320. The third-order valence-electron chi connectivity index (χ3n) is 4.11. The summed E-state index contributed by atoms with van der Waals surface area (Å²) in [6.45, 7) is 11.2. The molecule has 1 N–H and O–H groups in total. The minimum Gasteiger partial charge on any atom is -0.381 e. The summed E-state index contributed by atoms with van der Waals surface area (Å²) in [6.07, 6.45) is 3.28. The zero-order chi connectivity index (χ0) is 15.2. The van der Waals surface area contributed by atoms with E-state index in [1.165, 1.54) is 12.8 Å². The summed E-state index contributed by atoms with van der Waals surface area (Å²) in [6, 6.07) is 3.14. The second-order valence-electron chi connectivity index (χ2n) is 6.82. The van der Waals surface area contributed by atoms with Crippen LogP contribution in [0.5, 0.6) is 0 Å². The van der Waals surface area contributed by atoms with Crippen LogP contribution in [-0.4, -0.2) is 49.3 Å². The molecule has 0 saturated carbocycles. The Balaban J connectivity index is 2.46. The van der Waals surface area contributed by atoms with Crippen LogP contribution in [-0.2, 0) is 4.74 Å². The van der Waals surface area contributed by atoms with E-state index in [-0.39, 0.29) is 0 Å². The summed E-state index contributed by atoms with van der Waals surface area (Å²) in [7, 11) is 2.16. The molecule has 1 aliphatic heterocycles. The van der Waals surface area contributed by atoms with Crippen LogP contribution >= 0.6 is 0 Å². The molecular weight excluding hydrogens is 250 g/mol. The molecule has 0 aromatic rings. The SMILES string of the molecule is CC(C)NC(C)(C#N)CC(C)N(C)CC1CCCOC1. The number of hydrogen-bond donors (Lipinski definition) is 1. The lowest BCUT2D eigenvalue weighted by Gasteiger charge is -2.35. The molecule has 20 heavy (non-hydrogen) atoms. The lowest BCUT2D eigenvalue weighted by Crippen LogP contribution is -2.49. The first-order valence-electron chi connectivity index (χ1n) is 7.83. The topological polar surface area (TPSA) is 48.3 Å². The summed E-state index contributed by atoms with van der Waals surface area (Å²) in [5.74, 6) is 0.641. The van der Waals surface area contributed by atoms with Crippen molar-refractivity contribution in [2.75, 3.05) is 26.8 Å². The van der Waals surface area contributed by atoms with E-state index in [4.69, 9.17) is 4.74 Å². The van der Waals surface area contributed by atoms with Crippen molar-refractivity contribution in [1.82, 2.24) is 10.2 Å². The molecule has 1 rings (SSSR count). The van der Waals surface area contributed by atoms with E-state index in [0.717, 1.165) is 26.2 Å². The summed E-state index contributed by atoms with van der Waals surface area (Å²) in [4.78, 5) is 2.37. The minimum absolute atomic E-state index is 0.323. The summed E-state index contributed by atoms with van der Waals surface area (Å²) in [5.41, 5.74) is -0.453. The molecule has 0 amide bonds. The molecular formula is C16H31N3O. The molecule has 116 valence electrons. The standard InChI is InChI=1S/C16H31N3O/c1-13(2)18-16(4,12-17)9-14(3)19(5)10-15-7-6-8-20-11-15/h13-15,18H,6-11H2,1-5H3. The average molecular weight is 281 g/mol. The first-order valence-corrected chi connectivity index (χ1v) is 7.83. The quantitative estimate of drug-likeness (QED) is 0.778. The highest BCUT2D eigenvalue weighted by Gasteiger charge is 2.29. The molecule has 0 spiro atoms. The van der Waals surface area contributed by atoms with Crippen LogP contribution in [0, 0.1) is 17.2 Å². The highest BCUT2D eigenvalue weighted by molar-refractivity contribution is 5.06. The third-order valence-corrected chi connectivity index (χ3v) is 4.11. The largest absolute Gasteiger partial charge is 0.381 e. The van der Waals surface area contributed by atoms with E-state index in [1.807, 2.05) is 6.92 Å². The van der Waals surface area contributed by atoms with Crippen molar-refractivity contribution in [3.63, 3.8) is 0 Å². The van der Waals surface area contributed by atoms with Crippen molar-refractivity contribution < 1.29 is 4.74 Å². The van der Waals surface area contributed by atoms with Gasteiger partial charge in [0.15, 0.2) is 0 Å². The van der Waals surface area contributed by atoms with Gasteiger partial charge in [-0.05, 0) is 59.9 Å². The molecule has 0 radical (unpaired) electrons. The van der Waals surface area contributed by atoms with Gasteiger partial charge in [0, 0.05) is 25.2 Å². The molecule has 4 nitrogen and oxygen atoms in total. The van der Waals surface area contributed by atoms with Gasteiger partial charge in [-0.1, -0.05) is 0 Å². The van der Waals surface area contributed by atoms with Gasteiger partial charge >= 0.3 is 0 Å². The predicted octanol–water partition coefficient (Wildman–Crippen LogP) is 2.40. The molecule has 1 aliphatic rings. The van der Waals surface area contributed by atoms with Crippen LogP contribution in [0.2, 0.25) is 0 Å². The van der Waals surface area contributed by atoms with Gasteiger partial charge in [0.2, 0.25) is 0 Å². The third kappa shape index (κ3) is 5.78. The number of nitrogens with zero attached hydrogens (tertiary/aromatic N) is 2. The maximum atomic E-state index is 9.44. The van der Waals surface area contributed by atoms with Crippen LogP contribution in [0.15, 0.2) is 0 Å². The first kappa shape index (κ1) is 17.4. The van der Waals surface area contributed by atoms with E-state index < -0.39 is 5.54 Å². The van der Waals surface area contributed by atoms with E-state index in [2.05, 4.69) is 44.1 Å². The van der Waals surface area contributed by atoms with Crippen LogP contribution < -0.4 is 5.32 Å². The van der Waals surface area contributed by atoms with Crippen LogP contribution in [0.1, 0.15) is 47.0 Å². The molecule has 3 unspecified atom stereocenters. The van der Waals surface area contributed by atoms with Crippen molar-refractivity contribution in [2.45, 2.75) is 64.6 Å². The van der Waals surface area contributed by atoms with Gasteiger partial charge in [0.05, 0.1) is 12.7 Å². The molecule has 3 atom stereocenters. The molecule has 0 aromatic carbocycles. The molecule has 1 saturated heterocycles. The molecule has 4 heteroatoms. The normalized spacial score (nSPS) is 24.4. The highest BCUT2D eigenvalue weighted by atomic mass is 16.5. The Hall–Kier alpha value is -0.630. The second kappa shape index (κ2) is 7.97. The minimum atomic E-state index is -0.453. The van der Waals surface area contributed by atoms with E-state index in [0.29, 0.717) is 18.0 Å². The Morgan fingerprint density at radius 1 is 1.45 bits per heavy atom. The van der Waals surface area contributed by atoms with Gasteiger partial charge in [0.25, 0.3) is 0 Å². The Labute approximate surface area is 124 Å². The summed E-state index contributed by atoms with van der Waals surface area (Å²) in [5, 5.41) is 12.8. The van der Waals surface area contributed by atoms with Crippen molar-refractivity contribution in [1.29, 1.82) is 5.26 Å². The highest BCUT2D eigenvalue weighted by Crippen LogP contribution is 2.19. The number of nitrogens with one attached hydrogen (secondary N) is 1. The van der Waals surface area contributed by atoms with Crippen molar-refractivity contribution in [3.05, 3.63) is 0 Å². The van der Waals surface area contributed by atoms with Crippen LogP contribution in [0.25, 0.3) is 0 Å². The van der Waals surface area contributed by atoms with E-state index >= 15 is 0 Å². The van der Waals surface area contributed by atoms with Gasteiger partial charge in [-0.2, -0.15) is 5.26 Å². The summed E-state index contributed by atoms with van der Waals surface area (Å²) >= 11 is 0. The van der Waals surface area contributed by atoms with Crippen molar-refractivity contribution in [2.24, 2.45) is 5.92 Å². The van der Waals surface area contributed by atoms with Gasteiger partial charge in [-0.3, -0.25) is 5.32 Å². The van der Waals surface area contributed by atoms with Crippen LogP contribution in [0.3, 0.4) is 0 Å². The lowest BCUT2D eigenvalue weighted by atomic mass is 9.93. The van der Waals surface area contributed by atoms with E-state index in [1.54, 1.807) is 0 Å². The second-order valence-corrected chi connectivity index (χ2v) is 6.82. The van der Waals surface area contributed by atoms with Gasteiger partial charge in [-0.15, -0.1) is 0 Å². The van der Waals surface area contributed by atoms with Crippen molar-refractivity contribution >= 4 is 0 Å². The number of ether oxygens (including phenoxy) is 1. The lowest BCUT2D eigenvalue weighted by molar-refractivity contribution is 0.0354. The molecule has 0 bridgehead atoms. The van der Waals surface area contributed by atoms with Crippen molar-refractivity contribution in [3.8, 4) is 6.07 Å². The summed E-state index contributed by atoms with van der Waals surface area (Å²) < 4.78 is 5.55. The van der Waals surface area contributed by atoms with Gasteiger partial charge < -0.3 is 9.64 Å². The number of rotatable bonds is 7. The first-order chi connectivity index (χ1) is 9.36. The van der Waals surface area contributed by atoms with Gasteiger partial charge in [0.1, 0.15) is 5.54 Å². The monoisotopic (exact) mass is 281 g/mol. The molecule has 0 aromatic heterocycles.